The summed E-state index contributed by atoms with van der Waals surface area (Å²) in [5.74, 6) is -4.94. The monoisotopic (exact) mass is 258 g/mol. The first-order valence-electron chi connectivity index (χ1n) is 5.47. The third kappa shape index (κ3) is 4.99. The van der Waals surface area contributed by atoms with Crippen LogP contribution in [0.4, 0.5) is 0 Å². The molecule has 0 fully saturated rings. The van der Waals surface area contributed by atoms with Gasteiger partial charge in [-0.1, -0.05) is 13.5 Å². The van der Waals surface area contributed by atoms with Crippen LogP contribution in [0.1, 0.15) is 33.6 Å². The summed E-state index contributed by atoms with van der Waals surface area (Å²) in [6, 6.07) is 0. The predicted molar refractivity (Wildman–Crippen MR) is 63.0 cm³/mol. The van der Waals surface area contributed by atoms with Crippen LogP contribution in [0.25, 0.3) is 0 Å². The molecule has 0 radical (unpaired) electrons. The fourth-order valence-corrected chi connectivity index (χ4v) is 1.09. The van der Waals surface area contributed by atoms with Gasteiger partial charge >= 0.3 is 17.9 Å². The van der Waals surface area contributed by atoms with Gasteiger partial charge in [-0.25, -0.2) is 4.79 Å². The number of ether oxygens (including phenoxy) is 1. The molecular weight excluding hydrogens is 240 g/mol. The van der Waals surface area contributed by atoms with Crippen LogP contribution in [-0.4, -0.2) is 33.7 Å². The number of aliphatic carboxylic acids is 2. The van der Waals surface area contributed by atoms with Gasteiger partial charge in [-0.05, 0) is 20.3 Å². The third-order valence-corrected chi connectivity index (χ3v) is 2.59. The number of rotatable bonds is 7. The lowest BCUT2D eigenvalue weighted by molar-refractivity contribution is -0.164. The summed E-state index contributed by atoms with van der Waals surface area (Å²) in [6.45, 7) is 8.34. The van der Waals surface area contributed by atoms with Crippen LogP contribution in [0.3, 0.4) is 0 Å². The Kier molecular flexibility index (Phi) is 5.55. The maximum atomic E-state index is 11.8. The van der Waals surface area contributed by atoms with Crippen LogP contribution in [0.5, 0.6) is 0 Å². The molecule has 18 heavy (non-hydrogen) atoms. The molecule has 0 aliphatic rings. The largest absolute Gasteiger partial charge is 0.481 e. The molecule has 0 saturated heterocycles. The van der Waals surface area contributed by atoms with E-state index in [1.165, 1.54) is 0 Å². The van der Waals surface area contributed by atoms with Crippen molar-refractivity contribution in [3.63, 3.8) is 0 Å². The van der Waals surface area contributed by atoms with Gasteiger partial charge in [-0.2, -0.15) is 0 Å². The minimum atomic E-state index is -1.41. The highest BCUT2D eigenvalue weighted by molar-refractivity contribution is 5.95. The van der Waals surface area contributed by atoms with Crippen molar-refractivity contribution in [1.29, 1.82) is 0 Å². The maximum Gasteiger partial charge on any atom is 0.331 e. The first-order valence-corrected chi connectivity index (χ1v) is 5.47. The van der Waals surface area contributed by atoms with Crippen molar-refractivity contribution in [3.8, 4) is 0 Å². The van der Waals surface area contributed by atoms with E-state index in [4.69, 9.17) is 14.9 Å². The zero-order chi connectivity index (χ0) is 14.5. The van der Waals surface area contributed by atoms with Gasteiger partial charge in [0.1, 0.15) is 5.60 Å². The van der Waals surface area contributed by atoms with Crippen molar-refractivity contribution in [2.75, 3.05) is 0 Å². The molecule has 0 saturated carbocycles. The fraction of sp³-hybridized carbons (Fsp3) is 0.583. The van der Waals surface area contributed by atoms with Crippen LogP contribution in [0.2, 0.25) is 0 Å². The fourth-order valence-electron chi connectivity index (χ4n) is 1.09. The highest BCUT2D eigenvalue weighted by Crippen LogP contribution is 2.22. The molecule has 0 bridgehead atoms. The maximum absolute atomic E-state index is 11.8. The SMILES string of the molecule is C=C(C(=O)O)C(CC(=O)O)C(=O)OC(C)(C)CC. The van der Waals surface area contributed by atoms with Gasteiger partial charge in [0, 0.05) is 5.57 Å². The molecule has 6 nitrogen and oxygen atoms in total. The average molecular weight is 258 g/mol. The lowest BCUT2D eigenvalue weighted by Gasteiger charge is -2.26. The molecule has 6 heteroatoms. The van der Waals surface area contributed by atoms with Gasteiger partial charge in [-0.3, -0.25) is 9.59 Å². The summed E-state index contributed by atoms with van der Waals surface area (Å²) in [6.07, 6.45) is -0.123. The predicted octanol–water partition coefficient (Wildman–Crippen LogP) is 1.45. The third-order valence-electron chi connectivity index (χ3n) is 2.59. The van der Waals surface area contributed by atoms with Crippen LogP contribution < -0.4 is 0 Å². The van der Waals surface area contributed by atoms with Gasteiger partial charge in [0.25, 0.3) is 0 Å². The molecular formula is C12H18O6. The second-order valence-corrected chi connectivity index (χ2v) is 4.52. The molecule has 0 aromatic rings. The van der Waals surface area contributed by atoms with E-state index >= 15 is 0 Å². The van der Waals surface area contributed by atoms with Crippen molar-refractivity contribution < 1.29 is 29.3 Å². The van der Waals surface area contributed by atoms with E-state index in [1.54, 1.807) is 20.8 Å². The van der Waals surface area contributed by atoms with Crippen LogP contribution in [0.15, 0.2) is 12.2 Å². The topological polar surface area (TPSA) is 101 Å². The molecule has 0 aliphatic heterocycles. The minimum absolute atomic E-state index is 0.477. The Bertz CT molecular complexity index is 369. The Labute approximate surface area is 105 Å². The summed E-state index contributed by atoms with van der Waals surface area (Å²) < 4.78 is 5.09. The Morgan fingerprint density at radius 2 is 1.78 bits per heavy atom. The molecule has 0 heterocycles. The van der Waals surface area contributed by atoms with Crippen molar-refractivity contribution in [3.05, 3.63) is 12.2 Å². The van der Waals surface area contributed by atoms with Gasteiger partial charge < -0.3 is 14.9 Å². The van der Waals surface area contributed by atoms with E-state index in [1.807, 2.05) is 0 Å². The minimum Gasteiger partial charge on any atom is -0.481 e. The summed E-state index contributed by atoms with van der Waals surface area (Å²) in [7, 11) is 0. The second kappa shape index (κ2) is 6.18. The summed E-state index contributed by atoms with van der Waals surface area (Å²) in [5.41, 5.74) is -1.25. The molecule has 0 spiro atoms. The highest BCUT2D eigenvalue weighted by atomic mass is 16.6. The first kappa shape index (κ1) is 16.1. The summed E-state index contributed by atoms with van der Waals surface area (Å²) in [4.78, 5) is 33.2. The molecule has 2 N–H and O–H groups in total. The van der Waals surface area contributed by atoms with Crippen LogP contribution in [-0.2, 0) is 19.1 Å². The Balaban J connectivity index is 4.98. The molecule has 0 amide bonds. The number of carbonyl (C=O) groups excluding carboxylic acids is 1. The number of carboxylic acids is 2. The van der Waals surface area contributed by atoms with Gasteiger partial charge in [0.05, 0.1) is 12.3 Å². The molecule has 0 aliphatic carbocycles. The van der Waals surface area contributed by atoms with Gasteiger partial charge in [0.2, 0.25) is 0 Å². The lowest BCUT2D eigenvalue weighted by Crippen LogP contribution is -2.33. The van der Waals surface area contributed by atoms with E-state index in [0.717, 1.165) is 0 Å². The van der Waals surface area contributed by atoms with Crippen molar-refractivity contribution in [2.45, 2.75) is 39.2 Å². The molecule has 0 aromatic heterocycles. The number of hydrogen-bond acceptors (Lipinski definition) is 4. The zero-order valence-corrected chi connectivity index (χ0v) is 10.7. The molecule has 1 unspecified atom stereocenters. The van der Waals surface area contributed by atoms with E-state index in [9.17, 15) is 14.4 Å². The lowest BCUT2D eigenvalue weighted by atomic mass is 9.96. The van der Waals surface area contributed by atoms with Gasteiger partial charge in [-0.15, -0.1) is 0 Å². The van der Waals surface area contributed by atoms with Crippen LogP contribution >= 0.6 is 0 Å². The average Bonchev–Trinajstić information content (AvgIpc) is 2.23. The molecule has 102 valence electrons. The van der Waals surface area contributed by atoms with E-state index in [0.29, 0.717) is 6.42 Å². The molecule has 1 atom stereocenters. The smallest absolute Gasteiger partial charge is 0.331 e. The Morgan fingerprint density at radius 1 is 1.28 bits per heavy atom. The van der Waals surface area contributed by atoms with E-state index in [-0.39, 0.29) is 0 Å². The normalized spacial score (nSPS) is 12.6. The Hall–Kier alpha value is -1.85. The zero-order valence-electron chi connectivity index (χ0n) is 10.7. The standard InChI is InChI=1S/C12H18O6/c1-5-12(3,4)18-11(17)8(6-9(13)14)7(2)10(15)16/h8H,2,5-6H2,1,3-4H3,(H,13,14)(H,15,16). The number of esters is 1. The Morgan fingerprint density at radius 3 is 2.11 bits per heavy atom. The van der Waals surface area contributed by atoms with Crippen LogP contribution in [0, 0.1) is 5.92 Å². The number of carbonyl (C=O) groups is 3. The summed E-state index contributed by atoms with van der Waals surface area (Å²) >= 11 is 0. The van der Waals surface area contributed by atoms with Crippen molar-refractivity contribution in [1.82, 2.24) is 0 Å². The molecule has 0 rings (SSSR count). The van der Waals surface area contributed by atoms with Crippen molar-refractivity contribution in [2.24, 2.45) is 5.92 Å². The summed E-state index contributed by atoms with van der Waals surface area (Å²) in [5, 5.41) is 17.4. The highest BCUT2D eigenvalue weighted by Gasteiger charge is 2.33. The quantitative estimate of drug-likeness (QED) is 0.529. The number of carboxylic acid groups (broad SMARTS) is 2. The first-order chi connectivity index (χ1) is 8.10. The molecule has 0 aromatic carbocycles. The van der Waals surface area contributed by atoms with Crippen molar-refractivity contribution >= 4 is 17.9 Å². The number of hydrogen-bond donors (Lipinski definition) is 2. The van der Waals surface area contributed by atoms with E-state index in [2.05, 4.69) is 6.58 Å². The van der Waals surface area contributed by atoms with Gasteiger partial charge in [0.15, 0.2) is 0 Å². The van der Waals surface area contributed by atoms with E-state index < -0.39 is 41.4 Å². The second-order valence-electron chi connectivity index (χ2n) is 4.52.